The molecular weight excluding hydrogens is 312 g/mol. The van der Waals surface area contributed by atoms with Gasteiger partial charge in [-0.15, -0.1) is 0 Å². The van der Waals surface area contributed by atoms with Gasteiger partial charge in [0.05, 0.1) is 11.6 Å². The molecule has 0 atom stereocenters. The summed E-state index contributed by atoms with van der Waals surface area (Å²) in [6.45, 7) is 0.305. The highest BCUT2D eigenvalue weighted by molar-refractivity contribution is 6.35. The summed E-state index contributed by atoms with van der Waals surface area (Å²) < 4.78 is 19.4. The molecule has 108 valence electrons. The van der Waals surface area contributed by atoms with E-state index in [0.29, 0.717) is 26.9 Å². The molecular formula is C16H12Cl2FNO. The van der Waals surface area contributed by atoms with Crippen molar-refractivity contribution in [2.45, 2.75) is 6.61 Å². The first kappa shape index (κ1) is 15.7. The molecule has 2 aromatic rings. The number of hydrogen-bond acceptors (Lipinski definition) is 2. The number of nitrogens with two attached hydrogens (primary N) is 1. The Balaban J connectivity index is 2.09. The maximum absolute atomic E-state index is 13.9. The molecule has 0 aliphatic rings. The summed E-state index contributed by atoms with van der Waals surface area (Å²) in [5.74, 6) is 5.51. The van der Waals surface area contributed by atoms with Crippen molar-refractivity contribution in [1.29, 1.82) is 0 Å². The van der Waals surface area contributed by atoms with Gasteiger partial charge >= 0.3 is 0 Å². The summed E-state index contributed by atoms with van der Waals surface area (Å²) >= 11 is 11.8. The van der Waals surface area contributed by atoms with Crippen LogP contribution in [0.1, 0.15) is 11.1 Å². The van der Waals surface area contributed by atoms with E-state index in [1.54, 1.807) is 30.3 Å². The van der Waals surface area contributed by atoms with E-state index in [1.807, 2.05) is 0 Å². The summed E-state index contributed by atoms with van der Waals surface area (Å²) in [4.78, 5) is 0. The van der Waals surface area contributed by atoms with Crippen LogP contribution >= 0.6 is 23.2 Å². The van der Waals surface area contributed by atoms with E-state index >= 15 is 0 Å². The van der Waals surface area contributed by atoms with Gasteiger partial charge < -0.3 is 10.5 Å². The predicted molar refractivity (Wildman–Crippen MR) is 83.1 cm³/mol. The standard InChI is InChI=1S/C16H12Cl2FNO/c17-13-5-6-16(14(18)9-13)21-10-12-4-3-11(2-1-7-20)8-15(12)19/h3-6,8-9H,7,10,20H2. The van der Waals surface area contributed by atoms with E-state index in [0.717, 1.165) is 0 Å². The van der Waals surface area contributed by atoms with Gasteiger partial charge in [0.25, 0.3) is 0 Å². The van der Waals surface area contributed by atoms with Crippen LogP contribution in [0.4, 0.5) is 4.39 Å². The van der Waals surface area contributed by atoms with Gasteiger partial charge in [-0.05, 0) is 30.3 Å². The molecule has 5 heteroatoms. The quantitative estimate of drug-likeness (QED) is 0.866. The first-order chi connectivity index (χ1) is 10.1. The normalized spacial score (nSPS) is 9.90. The molecule has 0 fully saturated rings. The molecule has 0 saturated carbocycles. The summed E-state index contributed by atoms with van der Waals surface area (Å²) in [6.07, 6.45) is 0. The van der Waals surface area contributed by atoms with Crippen LogP contribution in [0.25, 0.3) is 0 Å². The molecule has 0 saturated heterocycles. The lowest BCUT2D eigenvalue weighted by atomic mass is 10.1. The van der Waals surface area contributed by atoms with Crippen LogP contribution in [0, 0.1) is 17.7 Å². The fourth-order valence-corrected chi connectivity index (χ4v) is 2.11. The van der Waals surface area contributed by atoms with Gasteiger partial charge in [-0.2, -0.15) is 0 Å². The van der Waals surface area contributed by atoms with Crippen molar-refractivity contribution in [3.63, 3.8) is 0 Å². The van der Waals surface area contributed by atoms with Crippen molar-refractivity contribution in [3.05, 3.63) is 63.4 Å². The summed E-state index contributed by atoms with van der Waals surface area (Å²) in [5, 5.41) is 0.898. The largest absolute Gasteiger partial charge is 0.487 e. The Labute approximate surface area is 132 Å². The zero-order valence-corrected chi connectivity index (χ0v) is 12.5. The molecule has 0 bridgehead atoms. The average Bonchev–Trinajstić information content (AvgIpc) is 2.45. The molecule has 0 amide bonds. The van der Waals surface area contributed by atoms with E-state index < -0.39 is 0 Å². The Morgan fingerprint density at radius 3 is 2.62 bits per heavy atom. The van der Waals surface area contributed by atoms with Gasteiger partial charge in [0.1, 0.15) is 18.2 Å². The molecule has 21 heavy (non-hydrogen) atoms. The number of halogens is 3. The summed E-state index contributed by atoms with van der Waals surface area (Å²) in [6, 6.07) is 9.56. The van der Waals surface area contributed by atoms with E-state index in [1.165, 1.54) is 6.07 Å². The number of hydrogen-bond donors (Lipinski definition) is 1. The first-order valence-corrected chi connectivity index (χ1v) is 6.91. The highest BCUT2D eigenvalue weighted by Gasteiger charge is 2.06. The monoisotopic (exact) mass is 323 g/mol. The molecule has 2 aromatic carbocycles. The summed E-state index contributed by atoms with van der Waals surface area (Å²) in [7, 11) is 0. The van der Waals surface area contributed by atoms with E-state index in [4.69, 9.17) is 33.7 Å². The van der Waals surface area contributed by atoms with Crippen molar-refractivity contribution in [2.24, 2.45) is 5.73 Å². The van der Waals surface area contributed by atoms with Gasteiger partial charge in [-0.3, -0.25) is 0 Å². The van der Waals surface area contributed by atoms with Crippen LogP contribution in [0.15, 0.2) is 36.4 Å². The van der Waals surface area contributed by atoms with Crippen LogP contribution in [0.2, 0.25) is 10.0 Å². The smallest absolute Gasteiger partial charge is 0.138 e. The minimum Gasteiger partial charge on any atom is -0.487 e. The van der Waals surface area contributed by atoms with Crippen LogP contribution in [0.5, 0.6) is 5.75 Å². The second kappa shape index (κ2) is 7.33. The SMILES string of the molecule is NCC#Cc1ccc(COc2ccc(Cl)cc2Cl)c(F)c1. The predicted octanol–water partition coefficient (Wildman–Crippen LogP) is 4.02. The van der Waals surface area contributed by atoms with Gasteiger partial charge in [0.15, 0.2) is 0 Å². The van der Waals surface area contributed by atoms with Gasteiger partial charge in [-0.25, -0.2) is 4.39 Å². The lowest BCUT2D eigenvalue weighted by molar-refractivity contribution is 0.300. The van der Waals surface area contributed by atoms with Crippen molar-refractivity contribution in [3.8, 4) is 17.6 Å². The molecule has 2 nitrogen and oxygen atoms in total. The highest BCUT2D eigenvalue weighted by Crippen LogP contribution is 2.28. The Kier molecular flexibility index (Phi) is 5.46. The third kappa shape index (κ3) is 4.37. The number of ether oxygens (including phenoxy) is 1. The van der Waals surface area contributed by atoms with Gasteiger partial charge in [-0.1, -0.05) is 41.1 Å². The highest BCUT2D eigenvalue weighted by atomic mass is 35.5. The molecule has 0 aliphatic heterocycles. The molecule has 0 spiro atoms. The molecule has 0 aliphatic carbocycles. The van der Waals surface area contributed by atoms with Crippen LogP contribution < -0.4 is 10.5 Å². The van der Waals surface area contributed by atoms with Crippen molar-refractivity contribution >= 4 is 23.2 Å². The minimum absolute atomic E-state index is 0.0672. The van der Waals surface area contributed by atoms with Crippen LogP contribution in [0.3, 0.4) is 0 Å². The van der Waals surface area contributed by atoms with E-state index in [9.17, 15) is 4.39 Å². The maximum atomic E-state index is 13.9. The second-order valence-electron chi connectivity index (χ2n) is 4.18. The van der Waals surface area contributed by atoms with Crippen molar-refractivity contribution < 1.29 is 9.13 Å². The van der Waals surface area contributed by atoms with Crippen molar-refractivity contribution in [2.75, 3.05) is 6.54 Å². The molecule has 2 rings (SSSR count). The topological polar surface area (TPSA) is 35.2 Å². The molecule has 2 N–H and O–H groups in total. The van der Waals surface area contributed by atoms with Crippen LogP contribution in [-0.4, -0.2) is 6.54 Å². The maximum Gasteiger partial charge on any atom is 0.138 e. The fraction of sp³-hybridized carbons (Fsp3) is 0.125. The Morgan fingerprint density at radius 1 is 1.14 bits per heavy atom. The lowest BCUT2D eigenvalue weighted by Gasteiger charge is -2.09. The zero-order chi connectivity index (χ0) is 15.2. The van der Waals surface area contributed by atoms with Crippen molar-refractivity contribution in [1.82, 2.24) is 0 Å². The average molecular weight is 324 g/mol. The van der Waals surface area contributed by atoms with Gasteiger partial charge in [0.2, 0.25) is 0 Å². The Hall–Kier alpha value is -1.73. The molecule has 0 unspecified atom stereocenters. The number of benzene rings is 2. The molecule has 0 radical (unpaired) electrons. The molecule has 0 aromatic heterocycles. The molecule has 0 heterocycles. The Morgan fingerprint density at radius 2 is 1.95 bits per heavy atom. The Bertz CT molecular complexity index is 707. The van der Waals surface area contributed by atoms with Crippen LogP contribution in [-0.2, 0) is 6.61 Å². The summed E-state index contributed by atoms with van der Waals surface area (Å²) in [5.41, 5.74) is 6.26. The van der Waals surface area contributed by atoms with Gasteiger partial charge in [0, 0.05) is 16.1 Å². The van der Waals surface area contributed by atoms with E-state index in [2.05, 4.69) is 11.8 Å². The fourth-order valence-electron chi connectivity index (χ4n) is 1.64. The lowest BCUT2D eigenvalue weighted by Crippen LogP contribution is -1.99. The second-order valence-corrected chi connectivity index (χ2v) is 5.02. The third-order valence-corrected chi connectivity index (χ3v) is 3.20. The first-order valence-electron chi connectivity index (χ1n) is 6.15. The zero-order valence-electron chi connectivity index (χ0n) is 11.0. The minimum atomic E-state index is -0.385. The van der Waals surface area contributed by atoms with E-state index in [-0.39, 0.29) is 19.0 Å². The third-order valence-electron chi connectivity index (χ3n) is 2.66. The number of rotatable bonds is 3.